The predicted molar refractivity (Wildman–Crippen MR) is 93.6 cm³/mol. The Morgan fingerprint density at radius 1 is 1.21 bits per heavy atom. The normalized spacial score (nSPS) is 14.1. The van der Waals surface area contributed by atoms with Crippen molar-refractivity contribution in [3.8, 4) is 11.4 Å². The van der Waals surface area contributed by atoms with E-state index in [0.29, 0.717) is 22.4 Å². The molecule has 0 bridgehead atoms. The molecule has 5 nitrogen and oxygen atoms in total. The summed E-state index contributed by atoms with van der Waals surface area (Å²) in [4.78, 5) is 16.9. The Morgan fingerprint density at radius 2 is 2.04 bits per heavy atom. The van der Waals surface area contributed by atoms with Crippen LogP contribution in [-0.4, -0.2) is 19.3 Å². The van der Waals surface area contributed by atoms with Crippen LogP contribution >= 0.6 is 23.2 Å². The lowest BCUT2D eigenvalue weighted by Crippen LogP contribution is -2.25. The Balaban J connectivity index is 1.78. The first-order chi connectivity index (χ1) is 11.6. The van der Waals surface area contributed by atoms with E-state index in [4.69, 9.17) is 23.2 Å². The summed E-state index contributed by atoms with van der Waals surface area (Å²) in [6.07, 6.45) is 5.43. The minimum atomic E-state index is -0.123. The highest BCUT2D eigenvalue weighted by molar-refractivity contribution is 6.35. The Hall–Kier alpha value is -2.11. The molecule has 1 aromatic carbocycles. The van der Waals surface area contributed by atoms with Gasteiger partial charge < -0.3 is 0 Å². The molecule has 1 aliphatic rings. The Kier molecular flexibility index (Phi) is 3.90. The van der Waals surface area contributed by atoms with Gasteiger partial charge in [0.05, 0.1) is 6.54 Å². The Morgan fingerprint density at radius 3 is 2.71 bits per heavy atom. The first kappa shape index (κ1) is 15.4. The molecule has 0 saturated heterocycles. The second-order valence-corrected chi connectivity index (χ2v) is 6.69. The van der Waals surface area contributed by atoms with Crippen LogP contribution in [0.1, 0.15) is 24.4 Å². The number of aromatic nitrogens is 4. The lowest BCUT2D eigenvalue weighted by Gasteiger charge is -2.03. The summed E-state index contributed by atoms with van der Waals surface area (Å²) >= 11 is 12.2. The van der Waals surface area contributed by atoms with Crippen LogP contribution in [0.2, 0.25) is 10.0 Å². The number of rotatable bonds is 4. The van der Waals surface area contributed by atoms with Crippen molar-refractivity contribution in [1.29, 1.82) is 0 Å². The number of halogens is 2. The molecule has 0 spiro atoms. The van der Waals surface area contributed by atoms with Crippen molar-refractivity contribution < 1.29 is 0 Å². The molecule has 0 atom stereocenters. The van der Waals surface area contributed by atoms with Gasteiger partial charge in [-0.3, -0.25) is 9.55 Å². The van der Waals surface area contributed by atoms with Gasteiger partial charge in [0.15, 0.2) is 5.82 Å². The van der Waals surface area contributed by atoms with Crippen molar-refractivity contribution in [3.05, 3.63) is 68.8 Å². The summed E-state index contributed by atoms with van der Waals surface area (Å²) in [7, 11) is 0. The number of hydrogen-bond donors (Lipinski definition) is 0. The van der Waals surface area contributed by atoms with Gasteiger partial charge in [-0.2, -0.15) is 0 Å². The topological polar surface area (TPSA) is 52.7 Å². The molecule has 0 radical (unpaired) electrons. The number of benzene rings is 1. The van der Waals surface area contributed by atoms with Gasteiger partial charge >= 0.3 is 5.69 Å². The quantitative estimate of drug-likeness (QED) is 0.710. The fourth-order valence-electron chi connectivity index (χ4n) is 2.69. The molecule has 1 aliphatic carbocycles. The second kappa shape index (κ2) is 6.07. The van der Waals surface area contributed by atoms with E-state index in [1.807, 2.05) is 18.2 Å². The third-order valence-electron chi connectivity index (χ3n) is 4.04. The molecule has 0 amide bonds. The van der Waals surface area contributed by atoms with Crippen molar-refractivity contribution in [2.75, 3.05) is 0 Å². The van der Waals surface area contributed by atoms with Gasteiger partial charge in [0.2, 0.25) is 0 Å². The van der Waals surface area contributed by atoms with Gasteiger partial charge in [0, 0.05) is 34.0 Å². The van der Waals surface area contributed by atoms with Crippen LogP contribution in [0.25, 0.3) is 11.4 Å². The molecular formula is C17H14Cl2N4O. The molecule has 0 N–H and O–H groups in total. The average molecular weight is 361 g/mol. The van der Waals surface area contributed by atoms with E-state index in [2.05, 4.69) is 10.1 Å². The maximum absolute atomic E-state index is 12.8. The summed E-state index contributed by atoms with van der Waals surface area (Å²) in [6, 6.07) is 9.22. The number of pyridine rings is 1. The fraction of sp³-hybridized carbons (Fsp3) is 0.235. The highest BCUT2D eigenvalue weighted by atomic mass is 35.5. The number of hydrogen-bond acceptors (Lipinski definition) is 3. The molecule has 2 heterocycles. The van der Waals surface area contributed by atoms with E-state index in [1.54, 1.807) is 29.1 Å². The van der Waals surface area contributed by atoms with Crippen LogP contribution in [0.5, 0.6) is 0 Å². The van der Waals surface area contributed by atoms with E-state index in [1.165, 1.54) is 4.68 Å². The van der Waals surface area contributed by atoms with Crippen molar-refractivity contribution in [3.63, 3.8) is 0 Å². The average Bonchev–Trinajstić information content (AvgIpc) is 3.36. The highest BCUT2D eigenvalue weighted by Crippen LogP contribution is 2.36. The summed E-state index contributed by atoms with van der Waals surface area (Å²) in [6.45, 7) is 0.307. The third kappa shape index (κ3) is 2.85. The summed E-state index contributed by atoms with van der Waals surface area (Å²) < 4.78 is 3.22. The summed E-state index contributed by atoms with van der Waals surface area (Å²) in [5, 5.41) is 5.63. The van der Waals surface area contributed by atoms with Crippen molar-refractivity contribution in [2.24, 2.45) is 0 Å². The van der Waals surface area contributed by atoms with Gasteiger partial charge in [-0.1, -0.05) is 29.3 Å². The zero-order valence-corrected chi connectivity index (χ0v) is 14.2. The monoisotopic (exact) mass is 360 g/mol. The van der Waals surface area contributed by atoms with Crippen molar-refractivity contribution in [1.82, 2.24) is 19.3 Å². The molecule has 7 heteroatoms. The molecule has 4 rings (SSSR count). The second-order valence-electron chi connectivity index (χ2n) is 5.84. The molecule has 24 heavy (non-hydrogen) atoms. The van der Waals surface area contributed by atoms with Gasteiger partial charge in [-0.25, -0.2) is 9.48 Å². The minimum Gasteiger partial charge on any atom is -0.272 e. The zero-order chi connectivity index (χ0) is 16.7. The molecule has 122 valence electrons. The smallest absolute Gasteiger partial charge is 0.272 e. The van der Waals surface area contributed by atoms with E-state index in [0.717, 1.165) is 24.0 Å². The standard InChI is InChI=1S/C17H14Cl2N4O/c18-13-4-3-12(15(19)8-13)10-22-17(24)23(14-5-6-14)16(21-22)11-2-1-7-20-9-11/h1-4,7-9,14H,5-6,10H2. The van der Waals surface area contributed by atoms with Crippen LogP contribution in [0.15, 0.2) is 47.5 Å². The lowest BCUT2D eigenvalue weighted by atomic mass is 10.2. The van der Waals surface area contributed by atoms with Gasteiger partial charge in [-0.15, -0.1) is 5.10 Å². The first-order valence-electron chi connectivity index (χ1n) is 7.67. The van der Waals surface area contributed by atoms with Gasteiger partial charge in [-0.05, 0) is 42.7 Å². The summed E-state index contributed by atoms with van der Waals surface area (Å²) in [5.41, 5.74) is 1.52. The van der Waals surface area contributed by atoms with Gasteiger partial charge in [0.25, 0.3) is 0 Å². The van der Waals surface area contributed by atoms with E-state index >= 15 is 0 Å². The fourth-order valence-corrected chi connectivity index (χ4v) is 3.16. The summed E-state index contributed by atoms with van der Waals surface area (Å²) in [5.74, 6) is 0.653. The Bertz CT molecular complexity index is 945. The highest BCUT2D eigenvalue weighted by Gasteiger charge is 2.30. The SMILES string of the molecule is O=c1n(Cc2ccc(Cl)cc2Cl)nc(-c2cccnc2)n1C1CC1. The van der Waals surface area contributed by atoms with Crippen LogP contribution < -0.4 is 5.69 Å². The molecule has 1 fully saturated rings. The van der Waals surface area contributed by atoms with E-state index in [-0.39, 0.29) is 11.7 Å². The largest absolute Gasteiger partial charge is 0.346 e. The Labute approximate surface area is 148 Å². The van der Waals surface area contributed by atoms with Crippen LogP contribution in [0.3, 0.4) is 0 Å². The minimum absolute atomic E-state index is 0.123. The third-order valence-corrected chi connectivity index (χ3v) is 4.62. The van der Waals surface area contributed by atoms with E-state index in [9.17, 15) is 4.79 Å². The maximum atomic E-state index is 12.8. The lowest BCUT2D eigenvalue weighted by molar-refractivity contribution is 0.626. The molecule has 3 aromatic rings. The van der Waals surface area contributed by atoms with E-state index < -0.39 is 0 Å². The van der Waals surface area contributed by atoms with Crippen molar-refractivity contribution in [2.45, 2.75) is 25.4 Å². The molecule has 2 aromatic heterocycles. The van der Waals surface area contributed by atoms with Crippen LogP contribution in [-0.2, 0) is 6.54 Å². The molecular weight excluding hydrogens is 347 g/mol. The van der Waals surface area contributed by atoms with Crippen molar-refractivity contribution >= 4 is 23.2 Å². The predicted octanol–water partition coefficient (Wildman–Crippen LogP) is 3.80. The molecule has 1 saturated carbocycles. The maximum Gasteiger partial charge on any atom is 0.346 e. The first-order valence-corrected chi connectivity index (χ1v) is 8.43. The van der Waals surface area contributed by atoms with Crippen LogP contribution in [0, 0.1) is 0 Å². The number of nitrogens with zero attached hydrogens (tertiary/aromatic N) is 4. The van der Waals surface area contributed by atoms with Gasteiger partial charge in [0.1, 0.15) is 0 Å². The molecule has 0 aliphatic heterocycles. The van der Waals surface area contributed by atoms with Crippen LogP contribution in [0.4, 0.5) is 0 Å². The zero-order valence-electron chi connectivity index (χ0n) is 12.7. The molecule has 0 unspecified atom stereocenters.